The van der Waals surface area contributed by atoms with Crippen LogP contribution in [0.1, 0.15) is 44.7 Å². The Kier molecular flexibility index (Phi) is 7.06. The Morgan fingerprint density at radius 1 is 1.32 bits per heavy atom. The summed E-state index contributed by atoms with van der Waals surface area (Å²) >= 11 is 0. The topological polar surface area (TPSA) is 41.5 Å². The molecule has 1 aromatic carbocycles. The van der Waals surface area contributed by atoms with Crippen molar-refractivity contribution < 1.29 is 9.84 Å². The molecule has 3 nitrogen and oxygen atoms in total. The predicted octanol–water partition coefficient (Wildman–Crippen LogP) is 2.90. The van der Waals surface area contributed by atoms with Crippen LogP contribution in [0.15, 0.2) is 30.3 Å². The van der Waals surface area contributed by atoms with Crippen LogP contribution < -0.4 is 5.32 Å². The van der Waals surface area contributed by atoms with E-state index in [1.807, 2.05) is 13.0 Å². The Morgan fingerprint density at radius 3 is 2.58 bits per heavy atom. The van der Waals surface area contributed by atoms with Gasteiger partial charge in [0.25, 0.3) is 0 Å². The molecule has 2 atom stereocenters. The van der Waals surface area contributed by atoms with E-state index in [9.17, 15) is 5.11 Å². The second-order valence-corrected chi connectivity index (χ2v) is 5.37. The zero-order valence-corrected chi connectivity index (χ0v) is 12.4. The molecule has 0 radical (unpaired) electrons. The van der Waals surface area contributed by atoms with E-state index in [-0.39, 0.29) is 0 Å². The molecule has 2 unspecified atom stereocenters. The fraction of sp³-hybridized carbons (Fsp3) is 0.625. The van der Waals surface area contributed by atoms with Crippen molar-refractivity contribution in [1.82, 2.24) is 5.32 Å². The zero-order valence-electron chi connectivity index (χ0n) is 12.4. The number of ether oxygens (including phenoxy) is 1. The third-order valence-electron chi connectivity index (χ3n) is 3.35. The molecule has 108 valence electrons. The van der Waals surface area contributed by atoms with Crippen LogP contribution >= 0.6 is 0 Å². The summed E-state index contributed by atoms with van der Waals surface area (Å²) < 4.78 is 5.03. The maximum absolute atomic E-state index is 10.3. The minimum Gasteiger partial charge on any atom is -0.389 e. The van der Waals surface area contributed by atoms with E-state index >= 15 is 0 Å². The molecule has 0 heterocycles. The van der Waals surface area contributed by atoms with Crippen molar-refractivity contribution >= 4 is 0 Å². The molecular formula is C16H27NO2. The number of hydrogen-bond acceptors (Lipinski definition) is 3. The average Bonchev–Trinajstić information content (AvgIpc) is 2.42. The Labute approximate surface area is 117 Å². The molecule has 3 heteroatoms. The highest BCUT2D eigenvalue weighted by Crippen LogP contribution is 2.19. The third-order valence-corrected chi connectivity index (χ3v) is 3.35. The molecule has 2 N–H and O–H groups in total. The molecule has 1 rings (SSSR count). The zero-order chi connectivity index (χ0) is 14.1. The average molecular weight is 265 g/mol. The molecule has 0 aliphatic heterocycles. The fourth-order valence-corrected chi connectivity index (χ4v) is 2.11. The fourth-order valence-electron chi connectivity index (χ4n) is 2.11. The van der Waals surface area contributed by atoms with Gasteiger partial charge in [0, 0.05) is 32.7 Å². The molecule has 0 aromatic heterocycles. The summed E-state index contributed by atoms with van der Waals surface area (Å²) in [4.78, 5) is 0. The lowest BCUT2D eigenvalue weighted by molar-refractivity contribution is 0.0224. The van der Waals surface area contributed by atoms with E-state index in [1.165, 1.54) is 5.56 Å². The van der Waals surface area contributed by atoms with Crippen LogP contribution in [0.5, 0.6) is 0 Å². The highest BCUT2D eigenvalue weighted by atomic mass is 16.5. The van der Waals surface area contributed by atoms with Crippen LogP contribution in [0.25, 0.3) is 0 Å². The summed E-state index contributed by atoms with van der Waals surface area (Å²) in [6, 6.07) is 10.7. The van der Waals surface area contributed by atoms with Crippen molar-refractivity contribution in [3.63, 3.8) is 0 Å². The monoisotopic (exact) mass is 265 g/mol. The largest absolute Gasteiger partial charge is 0.389 e. The van der Waals surface area contributed by atoms with Crippen molar-refractivity contribution in [2.45, 2.75) is 44.8 Å². The minimum atomic E-state index is -0.725. The summed E-state index contributed by atoms with van der Waals surface area (Å²) in [6.45, 7) is 5.20. The second kappa shape index (κ2) is 8.31. The first-order valence-corrected chi connectivity index (χ1v) is 7.08. The lowest BCUT2D eigenvalue weighted by Gasteiger charge is -2.27. The van der Waals surface area contributed by atoms with Gasteiger partial charge in [-0.25, -0.2) is 0 Å². The quantitative estimate of drug-likeness (QED) is 0.721. The Hall–Kier alpha value is -0.900. The minimum absolute atomic E-state index is 0.306. The maximum atomic E-state index is 10.3. The number of aliphatic hydroxyl groups is 1. The summed E-state index contributed by atoms with van der Waals surface area (Å²) in [5.74, 6) is 0. The number of benzene rings is 1. The smallest absolute Gasteiger partial charge is 0.0765 e. The van der Waals surface area contributed by atoms with Gasteiger partial charge in [-0.2, -0.15) is 0 Å². The highest BCUT2D eigenvalue weighted by Gasteiger charge is 2.21. The maximum Gasteiger partial charge on any atom is 0.0765 e. The van der Waals surface area contributed by atoms with Crippen molar-refractivity contribution in [2.75, 3.05) is 20.3 Å². The van der Waals surface area contributed by atoms with Gasteiger partial charge in [-0.15, -0.1) is 0 Å². The van der Waals surface area contributed by atoms with Crippen molar-refractivity contribution in [3.8, 4) is 0 Å². The number of methoxy groups -OCH3 is 1. The Balaban J connectivity index is 2.55. The summed E-state index contributed by atoms with van der Waals surface area (Å²) in [7, 11) is 1.66. The summed E-state index contributed by atoms with van der Waals surface area (Å²) in [5, 5.41) is 13.7. The molecule has 0 aliphatic rings. The van der Waals surface area contributed by atoms with Gasteiger partial charge < -0.3 is 15.2 Å². The van der Waals surface area contributed by atoms with Crippen LogP contribution in [-0.2, 0) is 4.74 Å². The SMILES string of the molecule is CCCC(NCC(C)(O)CCOC)c1ccccc1. The van der Waals surface area contributed by atoms with Gasteiger partial charge in [0.2, 0.25) is 0 Å². The molecular weight excluding hydrogens is 238 g/mol. The van der Waals surface area contributed by atoms with E-state index in [0.29, 0.717) is 25.6 Å². The summed E-state index contributed by atoms with van der Waals surface area (Å²) in [5.41, 5.74) is 0.559. The normalized spacial score (nSPS) is 16.0. The third kappa shape index (κ3) is 6.19. The Morgan fingerprint density at radius 2 is 2.00 bits per heavy atom. The van der Waals surface area contributed by atoms with Crippen LogP contribution in [-0.4, -0.2) is 31.0 Å². The van der Waals surface area contributed by atoms with Crippen molar-refractivity contribution in [3.05, 3.63) is 35.9 Å². The van der Waals surface area contributed by atoms with Crippen molar-refractivity contribution in [1.29, 1.82) is 0 Å². The first kappa shape index (κ1) is 16.2. The second-order valence-electron chi connectivity index (χ2n) is 5.37. The molecule has 1 aromatic rings. The molecule has 0 fully saturated rings. The predicted molar refractivity (Wildman–Crippen MR) is 79.2 cm³/mol. The van der Waals surface area contributed by atoms with Gasteiger partial charge in [0.15, 0.2) is 0 Å². The van der Waals surface area contributed by atoms with Gasteiger partial charge in [-0.05, 0) is 18.9 Å². The van der Waals surface area contributed by atoms with E-state index in [1.54, 1.807) is 7.11 Å². The molecule has 0 amide bonds. The van der Waals surface area contributed by atoms with Crippen LogP contribution in [0.2, 0.25) is 0 Å². The van der Waals surface area contributed by atoms with Gasteiger partial charge in [0.05, 0.1) is 5.60 Å². The molecule has 0 bridgehead atoms. The first-order valence-electron chi connectivity index (χ1n) is 7.08. The lowest BCUT2D eigenvalue weighted by atomic mass is 9.99. The van der Waals surface area contributed by atoms with E-state index in [4.69, 9.17) is 4.74 Å². The Bertz CT molecular complexity index is 338. The van der Waals surface area contributed by atoms with E-state index in [2.05, 4.69) is 36.5 Å². The van der Waals surface area contributed by atoms with Crippen LogP contribution in [0, 0.1) is 0 Å². The first-order chi connectivity index (χ1) is 9.09. The van der Waals surface area contributed by atoms with Gasteiger partial charge >= 0.3 is 0 Å². The molecule has 0 saturated heterocycles. The van der Waals surface area contributed by atoms with Crippen LogP contribution in [0.3, 0.4) is 0 Å². The number of nitrogens with one attached hydrogen (secondary N) is 1. The lowest BCUT2D eigenvalue weighted by Crippen LogP contribution is -2.40. The molecule has 0 saturated carbocycles. The van der Waals surface area contributed by atoms with Gasteiger partial charge in [-0.3, -0.25) is 0 Å². The molecule has 19 heavy (non-hydrogen) atoms. The van der Waals surface area contributed by atoms with E-state index < -0.39 is 5.60 Å². The summed E-state index contributed by atoms with van der Waals surface area (Å²) in [6.07, 6.45) is 2.83. The van der Waals surface area contributed by atoms with Crippen molar-refractivity contribution in [2.24, 2.45) is 0 Å². The van der Waals surface area contributed by atoms with Crippen LogP contribution in [0.4, 0.5) is 0 Å². The standard InChI is InChI=1S/C16H27NO2/c1-4-8-15(14-9-6-5-7-10-14)17-13-16(2,18)11-12-19-3/h5-7,9-10,15,17-18H,4,8,11-13H2,1-3H3. The van der Waals surface area contributed by atoms with Gasteiger partial charge in [0.1, 0.15) is 0 Å². The molecule has 0 aliphatic carbocycles. The number of rotatable bonds is 9. The highest BCUT2D eigenvalue weighted by molar-refractivity contribution is 5.18. The van der Waals surface area contributed by atoms with Gasteiger partial charge in [-0.1, -0.05) is 43.7 Å². The number of hydrogen-bond donors (Lipinski definition) is 2. The molecule has 0 spiro atoms. The van der Waals surface area contributed by atoms with E-state index in [0.717, 1.165) is 12.8 Å².